The molecule has 3 nitrogen and oxygen atoms in total. The van der Waals surface area contributed by atoms with Crippen molar-refractivity contribution in [3.8, 4) is 0 Å². The molecule has 0 atom stereocenters. The molecule has 0 aliphatic heterocycles. The summed E-state index contributed by atoms with van der Waals surface area (Å²) in [6.45, 7) is 14.0. The Bertz CT molecular complexity index is 422. The van der Waals surface area contributed by atoms with Crippen molar-refractivity contribution in [3.63, 3.8) is 0 Å². The van der Waals surface area contributed by atoms with Gasteiger partial charge in [0.15, 0.2) is 0 Å². The van der Waals surface area contributed by atoms with Gasteiger partial charge in [0.1, 0.15) is 11.6 Å². The highest BCUT2D eigenvalue weighted by Gasteiger charge is 2.23. The maximum atomic E-state index is 4.75. The number of anilines is 1. The molecule has 1 N–H and O–H groups in total. The Hall–Kier alpha value is -0.640. The summed E-state index contributed by atoms with van der Waals surface area (Å²) in [6.07, 6.45) is 2.00. The van der Waals surface area contributed by atoms with Crippen LogP contribution in [0.25, 0.3) is 0 Å². The third kappa shape index (κ3) is 4.75. The van der Waals surface area contributed by atoms with Gasteiger partial charge >= 0.3 is 0 Å². The molecule has 4 heteroatoms. The summed E-state index contributed by atoms with van der Waals surface area (Å²) in [5, 5.41) is 3.39. The van der Waals surface area contributed by atoms with Crippen LogP contribution in [0, 0.1) is 5.92 Å². The van der Waals surface area contributed by atoms with Crippen LogP contribution in [0.15, 0.2) is 4.47 Å². The van der Waals surface area contributed by atoms with E-state index in [1.807, 2.05) is 0 Å². The third-order valence-corrected chi connectivity index (χ3v) is 3.49. The molecule has 0 amide bonds. The van der Waals surface area contributed by atoms with Crippen molar-refractivity contribution in [2.75, 3.05) is 11.9 Å². The molecule has 19 heavy (non-hydrogen) atoms. The van der Waals surface area contributed by atoms with Gasteiger partial charge in [-0.05, 0) is 28.3 Å². The lowest BCUT2D eigenvalue weighted by Crippen LogP contribution is -2.19. The SMILES string of the molecule is CCCNc1nc(CC(C)C)nc(C(C)(C)C)c1Br. The van der Waals surface area contributed by atoms with E-state index in [4.69, 9.17) is 4.98 Å². The van der Waals surface area contributed by atoms with Gasteiger partial charge in [0.25, 0.3) is 0 Å². The Morgan fingerprint density at radius 1 is 1.21 bits per heavy atom. The molecule has 0 saturated heterocycles. The molecule has 108 valence electrons. The number of nitrogens with zero attached hydrogens (tertiary/aromatic N) is 2. The minimum atomic E-state index is 0.0101. The Kier molecular flexibility index (Phi) is 5.78. The fraction of sp³-hybridized carbons (Fsp3) is 0.733. The minimum absolute atomic E-state index is 0.0101. The summed E-state index contributed by atoms with van der Waals surface area (Å²) in [7, 11) is 0. The first-order chi connectivity index (χ1) is 8.75. The summed E-state index contributed by atoms with van der Waals surface area (Å²) in [5.74, 6) is 2.42. The lowest BCUT2D eigenvalue weighted by Gasteiger charge is -2.22. The summed E-state index contributed by atoms with van der Waals surface area (Å²) in [5.41, 5.74) is 1.09. The van der Waals surface area contributed by atoms with Crippen molar-refractivity contribution < 1.29 is 0 Å². The van der Waals surface area contributed by atoms with Gasteiger partial charge in [-0.3, -0.25) is 0 Å². The van der Waals surface area contributed by atoms with Crippen LogP contribution >= 0.6 is 15.9 Å². The summed E-state index contributed by atoms with van der Waals surface area (Å²) in [6, 6.07) is 0. The summed E-state index contributed by atoms with van der Waals surface area (Å²) < 4.78 is 1.00. The predicted molar refractivity (Wildman–Crippen MR) is 85.8 cm³/mol. The highest BCUT2D eigenvalue weighted by atomic mass is 79.9. The van der Waals surface area contributed by atoms with E-state index in [1.54, 1.807) is 0 Å². The molecule has 1 heterocycles. The van der Waals surface area contributed by atoms with Crippen molar-refractivity contribution in [1.82, 2.24) is 9.97 Å². The van der Waals surface area contributed by atoms with Crippen LogP contribution in [0.5, 0.6) is 0 Å². The first kappa shape index (κ1) is 16.4. The third-order valence-electron chi connectivity index (χ3n) is 2.74. The Balaban J connectivity index is 3.22. The van der Waals surface area contributed by atoms with E-state index in [-0.39, 0.29) is 5.41 Å². The first-order valence-electron chi connectivity index (χ1n) is 7.06. The monoisotopic (exact) mass is 327 g/mol. The molecule has 0 spiro atoms. The van der Waals surface area contributed by atoms with Crippen LogP contribution in [-0.4, -0.2) is 16.5 Å². The molecule has 0 fully saturated rings. The number of nitrogens with one attached hydrogen (secondary N) is 1. The molecule has 0 aliphatic carbocycles. The zero-order valence-corrected chi connectivity index (χ0v) is 14.6. The van der Waals surface area contributed by atoms with Crippen LogP contribution in [0.3, 0.4) is 0 Å². The molecule has 1 aromatic rings. The van der Waals surface area contributed by atoms with Gasteiger partial charge in [0, 0.05) is 18.4 Å². The van der Waals surface area contributed by atoms with Crippen LogP contribution in [0.1, 0.15) is 59.5 Å². The average molecular weight is 328 g/mol. The van der Waals surface area contributed by atoms with Crippen LogP contribution < -0.4 is 5.32 Å². The Morgan fingerprint density at radius 2 is 1.84 bits per heavy atom. The van der Waals surface area contributed by atoms with E-state index in [2.05, 4.69) is 67.8 Å². The second kappa shape index (κ2) is 6.69. The number of halogens is 1. The summed E-state index contributed by atoms with van der Waals surface area (Å²) in [4.78, 5) is 9.41. The smallest absolute Gasteiger partial charge is 0.144 e. The molecule has 0 radical (unpaired) electrons. The number of rotatable bonds is 5. The van der Waals surface area contributed by atoms with Gasteiger partial charge in [-0.15, -0.1) is 0 Å². The zero-order valence-electron chi connectivity index (χ0n) is 13.0. The molecular weight excluding hydrogens is 302 g/mol. The fourth-order valence-corrected chi connectivity index (χ4v) is 2.72. The Labute approximate surface area is 125 Å². The first-order valence-corrected chi connectivity index (χ1v) is 7.85. The van der Waals surface area contributed by atoms with E-state index in [0.717, 1.165) is 41.2 Å². The normalized spacial score (nSPS) is 12.0. The van der Waals surface area contributed by atoms with Crippen molar-refractivity contribution in [3.05, 3.63) is 16.0 Å². The largest absolute Gasteiger partial charge is 0.369 e. The van der Waals surface area contributed by atoms with E-state index in [0.29, 0.717) is 5.92 Å². The molecule has 1 aromatic heterocycles. The molecule has 0 aromatic carbocycles. The number of hydrogen-bond acceptors (Lipinski definition) is 3. The highest BCUT2D eigenvalue weighted by Crippen LogP contribution is 2.32. The molecule has 0 saturated carbocycles. The van der Waals surface area contributed by atoms with Crippen molar-refractivity contribution in [1.29, 1.82) is 0 Å². The van der Waals surface area contributed by atoms with Gasteiger partial charge in [0.05, 0.1) is 10.2 Å². The highest BCUT2D eigenvalue weighted by molar-refractivity contribution is 9.10. The zero-order chi connectivity index (χ0) is 14.6. The standard InChI is InChI=1S/C15H26BrN3/c1-7-8-17-14-12(16)13(15(4,5)6)18-11(19-14)9-10(2)3/h10H,7-9H2,1-6H3,(H,17,18,19). The van der Waals surface area contributed by atoms with E-state index >= 15 is 0 Å². The van der Waals surface area contributed by atoms with Crippen molar-refractivity contribution in [2.45, 2.75) is 59.8 Å². The van der Waals surface area contributed by atoms with Crippen LogP contribution in [-0.2, 0) is 11.8 Å². The van der Waals surface area contributed by atoms with E-state index in [1.165, 1.54) is 0 Å². The summed E-state index contributed by atoms with van der Waals surface area (Å²) >= 11 is 3.66. The van der Waals surface area contributed by atoms with Gasteiger partial charge in [-0.2, -0.15) is 0 Å². The second-order valence-corrected chi connectivity index (χ2v) is 7.22. The molecular formula is C15H26BrN3. The Morgan fingerprint density at radius 3 is 2.32 bits per heavy atom. The molecule has 0 unspecified atom stereocenters. The van der Waals surface area contributed by atoms with Crippen molar-refractivity contribution in [2.24, 2.45) is 5.92 Å². The number of hydrogen-bond donors (Lipinski definition) is 1. The molecule has 1 rings (SSSR count). The second-order valence-electron chi connectivity index (χ2n) is 6.43. The van der Waals surface area contributed by atoms with Gasteiger partial charge in [-0.25, -0.2) is 9.97 Å². The number of aromatic nitrogens is 2. The maximum absolute atomic E-state index is 4.75. The average Bonchev–Trinajstić information content (AvgIpc) is 2.27. The van der Waals surface area contributed by atoms with E-state index < -0.39 is 0 Å². The van der Waals surface area contributed by atoms with Crippen LogP contribution in [0.4, 0.5) is 5.82 Å². The van der Waals surface area contributed by atoms with Gasteiger partial charge in [-0.1, -0.05) is 41.5 Å². The van der Waals surface area contributed by atoms with Gasteiger partial charge < -0.3 is 5.32 Å². The quantitative estimate of drug-likeness (QED) is 0.861. The maximum Gasteiger partial charge on any atom is 0.144 e. The topological polar surface area (TPSA) is 37.8 Å². The predicted octanol–water partition coefficient (Wildman–Crippen LogP) is 4.56. The molecule has 0 aliphatic rings. The lowest BCUT2D eigenvalue weighted by atomic mass is 9.91. The van der Waals surface area contributed by atoms with Gasteiger partial charge in [0.2, 0.25) is 0 Å². The fourth-order valence-electron chi connectivity index (χ4n) is 1.81. The van der Waals surface area contributed by atoms with E-state index in [9.17, 15) is 0 Å². The van der Waals surface area contributed by atoms with Crippen LogP contribution in [0.2, 0.25) is 0 Å². The van der Waals surface area contributed by atoms with Crippen molar-refractivity contribution >= 4 is 21.7 Å². The minimum Gasteiger partial charge on any atom is -0.369 e. The lowest BCUT2D eigenvalue weighted by molar-refractivity contribution is 0.548. The molecule has 0 bridgehead atoms.